The molecule has 1 saturated heterocycles. The van der Waals surface area contributed by atoms with Crippen LogP contribution in [0.5, 0.6) is 0 Å². The molecule has 1 aliphatic heterocycles. The zero-order chi connectivity index (χ0) is 15.3. The third-order valence-corrected chi connectivity index (χ3v) is 2.53. The number of nitrogens with one attached hydrogen (secondary N) is 3. The van der Waals surface area contributed by atoms with Crippen LogP contribution in [0.4, 0.5) is 4.79 Å². The van der Waals surface area contributed by atoms with E-state index in [0.717, 1.165) is 4.90 Å². The zero-order valence-corrected chi connectivity index (χ0v) is 10.6. The molecule has 0 radical (unpaired) electrons. The first-order valence-corrected chi connectivity index (χ1v) is 5.64. The average Bonchev–Trinajstić information content (AvgIpc) is 2.61. The second kappa shape index (κ2) is 6.50. The van der Waals surface area contributed by atoms with Gasteiger partial charge < -0.3 is 21.1 Å². The molecule has 0 aromatic carbocycles. The van der Waals surface area contributed by atoms with Crippen LogP contribution in [-0.2, 0) is 19.2 Å². The smallest absolute Gasteiger partial charge is 0.322 e. The molecule has 20 heavy (non-hydrogen) atoms. The van der Waals surface area contributed by atoms with Gasteiger partial charge in [0.25, 0.3) is 5.91 Å². The molecule has 10 nitrogen and oxygen atoms in total. The highest BCUT2D eigenvalue weighted by molar-refractivity contribution is 6.06. The van der Waals surface area contributed by atoms with E-state index in [-0.39, 0.29) is 6.42 Å². The molecule has 1 rings (SSSR count). The minimum Gasteiger partial charge on any atom is -0.480 e. The van der Waals surface area contributed by atoms with Gasteiger partial charge in [-0.15, -0.1) is 0 Å². The number of carbonyl (C=O) groups is 5. The van der Waals surface area contributed by atoms with Gasteiger partial charge in [-0.3, -0.25) is 24.1 Å². The molecule has 1 fully saturated rings. The minimum atomic E-state index is -1.21. The van der Waals surface area contributed by atoms with Gasteiger partial charge in [-0.1, -0.05) is 0 Å². The maximum Gasteiger partial charge on any atom is 0.322 e. The van der Waals surface area contributed by atoms with Crippen LogP contribution in [0.3, 0.4) is 0 Å². The number of carboxylic acids is 1. The molecule has 10 heteroatoms. The van der Waals surface area contributed by atoms with Gasteiger partial charge in [-0.2, -0.15) is 0 Å². The van der Waals surface area contributed by atoms with Crippen molar-refractivity contribution in [2.24, 2.45) is 0 Å². The van der Waals surface area contributed by atoms with Crippen molar-refractivity contribution >= 4 is 29.7 Å². The fraction of sp³-hybridized carbons (Fsp3) is 0.500. The van der Waals surface area contributed by atoms with Crippen LogP contribution < -0.4 is 16.0 Å². The Balaban J connectivity index is 2.31. The summed E-state index contributed by atoms with van der Waals surface area (Å²) in [4.78, 5) is 56.3. The van der Waals surface area contributed by atoms with Crippen molar-refractivity contribution in [1.29, 1.82) is 0 Å². The molecule has 4 N–H and O–H groups in total. The SMILES string of the molecule is CN1C(=O)CC(NC(=O)NCC(=O)NCC(=O)O)C1=O. The molecular formula is C10H14N4O6. The topological polar surface area (TPSA) is 145 Å². The predicted molar refractivity (Wildman–Crippen MR) is 63.4 cm³/mol. The molecule has 1 heterocycles. The lowest BCUT2D eigenvalue weighted by Gasteiger charge is -2.11. The summed E-state index contributed by atoms with van der Waals surface area (Å²) in [6.07, 6.45) is -0.131. The third kappa shape index (κ3) is 4.23. The van der Waals surface area contributed by atoms with E-state index in [0.29, 0.717) is 0 Å². The number of carboxylic acid groups (broad SMARTS) is 1. The summed E-state index contributed by atoms with van der Waals surface area (Å²) in [5, 5.41) is 14.8. The molecule has 0 aromatic heterocycles. The van der Waals surface area contributed by atoms with Gasteiger partial charge in [0.2, 0.25) is 11.8 Å². The van der Waals surface area contributed by atoms with Gasteiger partial charge in [0.1, 0.15) is 12.6 Å². The Bertz CT molecular complexity index is 463. The lowest BCUT2D eigenvalue weighted by atomic mass is 10.2. The van der Waals surface area contributed by atoms with Crippen molar-refractivity contribution in [2.45, 2.75) is 12.5 Å². The quantitative estimate of drug-likeness (QED) is 0.403. The van der Waals surface area contributed by atoms with E-state index in [1.54, 1.807) is 0 Å². The fourth-order valence-corrected chi connectivity index (χ4v) is 1.47. The Morgan fingerprint density at radius 1 is 1.25 bits per heavy atom. The highest BCUT2D eigenvalue weighted by Crippen LogP contribution is 2.09. The fourth-order valence-electron chi connectivity index (χ4n) is 1.47. The number of likely N-dealkylation sites (N-methyl/N-ethyl adjacent to an activating group) is 1. The van der Waals surface area contributed by atoms with Crippen molar-refractivity contribution < 1.29 is 29.1 Å². The molecule has 0 spiro atoms. The molecule has 0 saturated carbocycles. The number of nitrogens with zero attached hydrogens (tertiary/aromatic N) is 1. The van der Waals surface area contributed by atoms with Gasteiger partial charge in [-0.25, -0.2) is 4.79 Å². The van der Waals surface area contributed by atoms with Gasteiger partial charge >= 0.3 is 12.0 Å². The Labute approximate surface area is 113 Å². The molecular weight excluding hydrogens is 272 g/mol. The van der Waals surface area contributed by atoms with Gasteiger partial charge in [0.15, 0.2) is 0 Å². The monoisotopic (exact) mass is 286 g/mol. The number of likely N-dealkylation sites (tertiary alicyclic amines) is 1. The summed E-state index contributed by atoms with van der Waals surface area (Å²) in [6.45, 7) is -0.994. The molecule has 0 aliphatic carbocycles. The number of aliphatic carboxylic acids is 1. The summed E-state index contributed by atoms with van der Waals surface area (Å²) < 4.78 is 0. The van der Waals surface area contributed by atoms with Crippen molar-refractivity contribution in [1.82, 2.24) is 20.9 Å². The summed E-state index contributed by atoms with van der Waals surface area (Å²) >= 11 is 0. The number of hydrogen-bond acceptors (Lipinski definition) is 5. The highest BCUT2D eigenvalue weighted by Gasteiger charge is 2.36. The number of hydrogen-bond donors (Lipinski definition) is 4. The molecule has 0 aromatic rings. The second-order valence-electron chi connectivity index (χ2n) is 4.05. The first kappa shape index (κ1) is 15.4. The molecule has 110 valence electrons. The molecule has 0 bridgehead atoms. The highest BCUT2D eigenvalue weighted by atomic mass is 16.4. The largest absolute Gasteiger partial charge is 0.480 e. The van der Waals surface area contributed by atoms with Crippen molar-refractivity contribution in [2.75, 3.05) is 20.1 Å². The Kier molecular flexibility index (Phi) is 5.01. The number of urea groups is 1. The third-order valence-electron chi connectivity index (χ3n) is 2.53. The van der Waals surface area contributed by atoms with Gasteiger partial charge in [0.05, 0.1) is 13.0 Å². The molecule has 1 atom stereocenters. The second-order valence-corrected chi connectivity index (χ2v) is 4.05. The van der Waals surface area contributed by atoms with Crippen LogP contribution >= 0.6 is 0 Å². The zero-order valence-electron chi connectivity index (χ0n) is 10.6. The van der Waals surface area contributed by atoms with Gasteiger partial charge in [-0.05, 0) is 0 Å². The van der Waals surface area contributed by atoms with Crippen LogP contribution in [0.15, 0.2) is 0 Å². The number of imide groups is 1. The van der Waals surface area contributed by atoms with E-state index in [1.165, 1.54) is 7.05 Å². The average molecular weight is 286 g/mol. The van der Waals surface area contributed by atoms with Crippen LogP contribution in [0, 0.1) is 0 Å². The van der Waals surface area contributed by atoms with Crippen molar-refractivity contribution in [3.05, 3.63) is 0 Å². The maximum absolute atomic E-state index is 11.5. The normalized spacial score (nSPS) is 17.9. The van der Waals surface area contributed by atoms with Crippen LogP contribution in [0.2, 0.25) is 0 Å². The first-order chi connectivity index (χ1) is 9.31. The molecule has 1 aliphatic rings. The van der Waals surface area contributed by atoms with Crippen LogP contribution in [0.25, 0.3) is 0 Å². The standard InChI is InChI=1S/C10H14N4O6/c1-14-7(16)2-5(9(14)19)13-10(20)12-3-6(15)11-4-8(17)18/h5H,2-4H2,1H3,(H,11,15)(H,17,18)(H2,12,13,20). The lowest BCUT2D eigenvalue weighted by molar-refractivity contribution is -0.138. The van der Waals surface area contributed by atoms with Crippen molar-refractivity contribution in [3.8, 4) is 0 Å². The minimum absolute atomic E-state index is 0.131. The van der Waals surface area contributed by atoms with E-state index in [1.807, 2.05) is 5.32 Å². The van der Waals surface area contributed by atoms with Crippen LogP contribution in [0.1, 0.15) is 6.42 Å². The summed E-state index contributed by atoms with van der Waals surface area (Å²) in [7, 11) is 1.31. The van der Waals surface area contributed by atoms with E-state index in [9.17, 15) is 24.0 Å². The Morgan fingerprint density at radius 3 is 2.40 bits per heavy atom. The number of rotatable bonds is 5. The van der Waals surface area contributed by atoms with E-state index >= 15 is 0 Å². The number of carbonyl (C=O) groups excluding carboxylic acids is 4. The van der Waals surface area contributed by atoms with E-state index < -0.39 is 48.9 Å². The van der Waals surface area contributed by atoms with Gasteiger partial charge in [0, 0.05) is 7.05 Å². The number of amides is 5. The molecule has 5 amide bonds. The summed E-state index contributed by atoms with van der Waals surface area (Å²) in [5.41, 5.74) is 0. The predicted octanol–water partition coefficient (Wildman–Crippen LogP) is -2.76. The Hall–Kier alpha value is -2.65. The lowest BCUT2D eigenvalue weighted by Crippen LogP contribution is -2.48. The van der Waals surface area contributed by atoms with Crippen LogP contribution in [-0.4, -0.2) is 65.9 Å². The van der Waals surface area contributed by atoms with Crippen molar-refractivity contribution in [3.63, 3.8) is 0 Å². The van der Waals surface area contributed by atoms with E-state index in [2.05, 4.69) is 10.6 Å². The maximum atomic E-state index is 11.5. The summed E-state index contributed by atoms with van der Waals surface area (Å²) in [5.74, 6) is -2.82. The molecule has 1 unspecified atom stereocenters. The van der Waals surface area contributed by atoms with E-state index in [4.69, 9.17) is 5.11 Å². The Morgan fingerprint density at radius 2 is 1.90 bits per heavy atom. The summed E-state index contributed by atoms with van der Waals surface area (Å²) in [6, 6.07) is -1.74. The first-order valence-electron chi connectivity index (χ1n) is 5.64.